The van der Waals surface area contributed by atoms with E-state index in [1.54, 1.807) is 19.1 Å². The van der Waals surface area contributed by atoms with E-state index in [1.165, 1.54) is 24.3 Å². The van der Waals surface area contributed by atoms with Gasteiger partial charge in [0.05, 0.1) is 5.56 Å². The molecule has 0 radical (unpaired) electrons. The van der Waals surface area contributed by atoms with Crippen molar-refractivity contribution in [2.24, 2.45) is 0 Å². The van der Waals surface area contributed by atoms with Gasteiger partial charge in [0, 0.05) is 0 Å². The summed E-state index contributed by atoms with van der Waals surface area (Å²) in [5.74, 6) is 0.630. The molecule has 2 nitrogen and oxygen atoms in total. The molecule has 0 saturated carbocycles. The number of furan rings is 1. The van der Waals surface area contributed by atoms with E-state index in [0.29, 0.717) is 17.1 Å². The van der Waals surface area contributed by atoms with Crippen LogP contribution in [0.25, 0.3) is 17.4 Å². The summed E-state index contributed by atoms with van der Waals surface area (Å²) in [5, 5.41) is 0. The number of hydrogen-bond acceptors (Lipinski definition) is 2. The third-order valence-corrected chi connectivity index (χ3v) is 2.47. The maximum absolute atomic E-state index is 12.4. The number of hydrogen-bond donors (Lipinski definition) is 0. The zero-order valence-electron chi connectivity index (χ0n) is 10.1. The topological polar surface area (TPSA) is 22.4 Å². The summed E-state index contributed by atoms with van der Waals surface area (Å²) in [5.41, 5.74) is 0.918. The second-order valence-corrected chi connectivity index (χ2v) is 3.92. The quantitative estimate of drug-likeness (QED) is 0.798. The molecule has 0 bridgehead atoms. The van der Waals surface area contributed by atoms with Crippen molar-refractivity contribution in [2.75, 3.05) is 0 Å². The van der Waals surface area contributed by atoms with E-state index in [9.17, 15) is 13.2 Å². The van der Waals surface area contributed by atoms with Crippen LogP contribution in [0.1, 0.15) is 11.3 Å². The Labute approximate surface area is 108 Å². The highest BCUT2D eigenvalue weighted by atomic mass is 19.4. The highest BCUT2D eigenvalue weighted by molar-refractivity contribution is 5.70. The summed E-state index contributed by atoms with van der Waals surface area (Å²) in [7, 11) is 0. The van der Waals surface area contributed by atoms with Gasteiger partial charge in [-0.25, -0.2) is 0 Å². The van der Waals surface area contributed by atoms with Crippen molar-refractivity contribution < 1.29 is 22.3 Å². The Bertz CT molecular complexity index is 597. The maximum Gasteiger partial charge on any atom is 0.573 e. The molecule has 2 aromatic rings. The van der Waals surface area contributed by atoms with Crippen LogP contribution in [-0.2, 0) is 0 Å². The molecule has 0 aliphatic rings. The van der Waals surface area contributed by atoms with Gasteiger partial charge in [-0.15, -0.1) is 13.2 Å². The van der Waals surface area contributed by atoms with E-state index in [1.807, 2.05) is 0 Å². The Hall–Kier alpha value is -2.17. The smallest absolute Gasteiger partial charge is 0.461 e. The second-order valence-electron chi connectivity index (χ2n) is 3.92. The Kier molecular flexibility index (Phi) is 3.38. The van der Waals surface area contributed by atoms with E-state index in [2.05, 4.69) is 11.3 Å². The van der Waals surface area contributed by atoms with E-state index in [-0.39, 0.29) is 11.3 Å². The van der Waals surface area contributed by atoms with Crippen molar-refractivity contribution in [3.63, 3.8) is 0 Å². The molecule has 0 saturated heterocycles. The molecule has 0 spiro atoms. The van der Waals surface area contributed by atoms with Crippen LogP contribution in [0, 0.1) is 6.92 Å². The van der Waals surface area contributed by atoms with Crippen molar-refractivity contribution in [3.05, 3.63) is 48.2 Å². The third kappa shape index (κ3) is 3.19. The van der Waals surface area contributed by atoms with Crippen molar-refractivity contribution in [1.29, 1.82) is 0 Å². The molecule has 2 rings (SSSR count). The number of ether oxygens (including phenoxy) is 1. The average Bonchev–Trinajstić information content (AvgIpc) is 2.74. The molecule has 0 aliphatic carbocycles. The molecule has 0 N–H and O–H groups in total. The minimum absolute atomic E-state index is 0.239. The lowest BCUT2D eigenvalue weighted by molar-refractivity contribution is -0.274. The van der Waals surface area contributed by atoms with Crippen LogP contribution in [0.15, 0.2) is 41.3 Å². The van der Waals surface area contributed by atoms with Gasteiger partial charge in [-0.2, -0.15) is 0 Å². The Balaban J connectivity index is 2.51. The summed E-state index contributed by atoms with van der Waals surface area (Å²) in [6.45, 7) is 5.29. The summed E-state index contributed by atoms with van der Waals surface area (Å²) in [4.78, 5) is 0. The van der Waals surface area contributed by atoms with Crippen LogP contribution in [0.4, 0.5) is 13.2 Å². The first-order chi connectivity index (χ1) is 8.89. The number of rotatable bonds is 3. The summed E-state index contributed by atoms with van der Waals surface area (Å²) < 4.78 is 46.4. The molecule has 5 heteroatoms. The van der Waals surface area contributed by atoms with E-state index in [0.717, 1.165) is 0 Å². The normalized spacial score (nSPS) is 11.4. The van der Waals surface area contributed by atoms with Crippen LogP contribution in [0.3, 0.4) is 0 Å². The molecule has 1 aromatic carbocycles. The fraction of sp³-hybridized carbons (Fsp3) is 0.143. The monoisotopic (exact) mass is 268 g/mol. The molecular weight excluding hydrogens is 257 g/mol. The van der Waals surface area contributed by atoms with Gasteiger partial charge in [0.2, 0.25) is 0 Å². The Morgan fingerprint density at radius 1 is 1.21 bits per heavy atom. The van der Waals surface area contributed by atoms with Crippen molar-refractivity contribution in [3.8, 4) is 17.1 Å². The Morgan fingerprint density at radius 3 is 2.47 bits per heavy atom. The molecule has 100 valence electrons. The predicted octanol–water partition coefficient (Wildman–Crippen LogP) is 4.80. The largest absolute Gasteiger partial charge is 0.573 e. The van der Waals surface area contributed by atoms with E-state index >= 15 is 0 Å². The van der Waals surface area contributed by atoms with E-state index in [4.69, 9.17) is 4.42 Å². The lowest BCUT2D eigenvalue weighted by atomic mass is 10.1. The third-order valence-electron chi connectivity index (χ3n) is 2.47. The highest BCUT2D eigenvalue weighted by Gasteiger charge is 2.32. The fourth-order valence-electron chi connectivity index (χ4n) is 1.66. The first-order valence-corrected chi connectivity index (χ1v) is 5.48. The van der Waals surface area contributed by atoms with Crippen LogP contribution < -0.4 is 4.74 Å². The average molecular weight is 268 g/mol. The number of aryl methyl sites for hydroxylation is 1. The Morgan fingerprint density at radius 2 is 1.95 bits per heavy atom. The standard InChI is InChI=1S/C14H11F3O2/c1-3-10-5-7-13(19-14(15,16)17)11(8-10)12-6-4-9(2)18-12/h3-8H,1H2,2H3. The van der Waals surface area contributed by atoms with E-state index < -0.39 is 6.36 Å². The second kappa shape index (κ2) is 4.84. The van der Waals surface area contributed by atoms with Crippen LogP contribution in [-0.4, -0.2) is 6.36 Å². The highest BCUT2D eigenvalue weighted by Crippen LogP contribution is 2.35. The molecule has 19 heavy (non-hydrogen) atoms. The minimum atomic E-state index is -4.74. The maximum atomic E-state index is 12.4. The first kappa shape index (κ1) is 13.3. The van der Waals surface area contributed by atoms with Crippen molar-refractivity contribution in [1.82, 2.24) is 0 Å². The van der Waals surface area contributed by atoms with Gasteiger partial charge in [0.1, 0.15) is 17.3 Å². The minimum Gasteiger partial charge on any atom is -0.461 e. The van der Waals surface area contributed by atoms with Crippen LogP contribution in [0.5, 0.6) is 5.75 Å². The number of benzene rings is 1. The number of alkyl halides is 3. The molecule has 1 heterocycles. The molecule has 0 amide bonds. The molecule has 0 fully saturated rings. The van der Waals surface area contributed by atoms with Crippen molar-refractivity contribution in [2.45, 2.75) is 13.3 Å². The first-order valence-electron chi connectivity index (χ1n) is 5.48. The zero-order valence-corrected chi connectivity index (χ0v) is 10.1. The molecule has 0 unspecified atom stereocenters. The molecule has 1 aromatic heterocycles. The van der Waals surface area contributed by atoms with Gasteiger partial charge in [-0.1, -0.05) is 18.7 Å². The predicted molar refractivity (Wildman–Crippen MR) is 65.7 cm³/mol. The summed E-state index contributed by atoms with van der Waals surface area (Å²) in [6, 6.07) is 7.55. The molecule has 0 atom stereocenters. The molecule has 0 aliphatic heterocycles. The van der Waals surface area contributed by atoms with Gasteiger partial charge >= 0.3 is 6.36 Å². The summed E-state index contributed by atoms with van der Waals surface area (Å²) >= 11 is 0. The SMILES string of the molecule is C=Cc1ccc(OC(F)(F)F)c(-c2ccc(C)o2)c1. The lowest BCUT2D eigenvalue weighted by Gasteiger charge is -2.12. The zero-order chi connectivity index (χ0) is 14.0. The van der Waals surface area contributed by atoms with Crippen LogP contribution >= 0.6 is 0 Å². The van der Waals surface area contributed by atoms with Gasteiger partial charge in [0.15, 0.2) is 0 Å². The summed E-state index contributed by atoms with van der Waals surface area (Å²) in [6.07, 6.45) is -3.21. The fourth-order valence-corrected chi connectivity index (χ4v) is 1.66. The lowest BCUT2D eigenvalue weighted by Crippen LogP contribution is -2.17. The molecular formula is C14H11F3O2. The van der Waals surface area contributed by atoms with Crippen LogP contribution in [0.2, 0.25) is 0 Å². The number of halogens is 3. The van der Waals surface area contributed by atoms with Gasteiger partial charge < -0.3 is 9.15 Å². The van der Waals surface area contributed by atoms with Gasteiger partial charge in [-0.3, -0.25) is 0 Å². The van der Waals surface area contributed by atoms with Crippen molar-refractivity contribution >= 4 is 6.08 Å². The van der Waals surface area contributed by atoms with Gasteiger partial charge in [-0.05, 0) is 36.8 Å². The van der Waals surface area contributed by atoms with Gasteiger partial charge in [0.25, 0.3) is 0 Å².